The van der Waals surface area contributed by atoms with Gasteiger partial charge in [0.2, 0.25) is 0 Å². The first-order valence-corrected chi connectivity index (χ1v) is 5.65. The summed E-state index contributed by atoms with van der Waals surface area (Å²) in [5.41, 5.74) is 0.833. The minimum atomic E-state index is -0.408. The molecule has 1 rings (SSSR count). The van der Waals surface area contributed by atoms with E-state index in [1.165, 1.54) is 12.1 Å². The van der Waals surface area contributed by atoms with Gasteiger partial charge in [-0.3, -0.25) is 10.1 Å². The maximum absolute atomic E-state index is 10.5. The molecule has 0 saturated carbocycles. The molecule has 0 fully saturated rings. The Morgan fingerprint density at radius 1 is 1.41 bits per heavy atom. The first-order chi connectivity index (χ1) is 8.00. The van der Waals surface area contributed by atoms with Gasteiger partial charge in [0.15, 0.2) is 0 Å². The Kier molecular flexibility index (Phi) is 4.22. The highest BCUT2D eigenvalue weighted by molar-refractivity contribution is 5.33. The molecule has 17 heavy (non-hydrogen) atoms. The van der Waals surface area contributed by atoms with Gasteiger partial charge < -0.3 is 0 Å². The lowest BCUT2D eigenvalue weighted by molar-refractivity contribution is -0.384. The molecule has 1 aromatic rings. The summed E-state index contributed by atoms with van der Waals surface area (Å²) in [7, 11) is 0. The van der Waals surface area contributed by atoms with Gasteiger partial charge in [-0.2, -0.15) is 5.26 Å². The van der Waals surface area contributed by atoms with Crippen LogP contribution in [0.15, 0.2) is 24.3 Å². The Morgan fingerprint density at radius 3 is 2.41 bits per heavy atom. The van der Waals surface area contributed by atoms with Crippen molar-refractivity contribution in [1.29, 1.82) is 5.26 Å². The van der Waals surface area contributed by atoms with Crippen LogP contribution >= 0.6 is 0 Å². The van der Waals surface area contributed by atoms with Crippen molar-refractivity contribution in [3.8, 4) is 6.07 Å². The molecule has 0 saturated heterocycles. The quantitative estimate of drug-likeness (QED) is 0.576. The van der Waals surface area contributed by atoms with Crippen molar-refractivity contribution in [3.63, 3.8) is 0 Å². The minimum absolute atomic E-state index is 0.104. The number of hydrogen-bond donors (Lipinski definition) is 0. The molecule has 0 aliphatic carbocycles. The third-order valence-electron chi connectivity index (χ3n) is 3.16. The maximum Gasteiger partial charge on any atom is 0.269 e. The SMILES string of the molecule is CCC(C)(C#N)CCc1ccc([N+](=O)[O-])cc1. The van der Waals surface area contributed by atoms with E-state index in [4.69, 9.17) is 5.26 Å². The van der Waals surface area contributed by atoms with E-state index >= 15 is 0 Å². The molecule has 0 aliphatic rings. The zero-order valence-electron chi connectivity index (χ0n) is 10.1. The maximum atomic E-state index is 10.5. The number of nitro groups is 1. The van der Waals surface area contributed by atoms with E-state index in [9.17, 15) is 10.1 Å². The summed E-state index contributed by atoms with van der Waals surface area (Å²) < 4.78 is 0. The molecule has 4 nitrogen and oxygen atoms in total. The van der Waals surface area contributed by atoms with Gasteiger partial charge in [0.25, 0.3) is 5.69 Å². The summed E-state index contributed by atoms with van der Waals surface area (Å²) in [6, 6.07) is 8.84. The number of aryl methyl sites for hydroxylation is 1. The Balaban J connectivity index is 2.65. The van der Waals surface area contributed by atoms with Crippen LogP contribution in [0.1, 0.15) is 32.3 Å². The number of non-ortho nitro benzene ring substituents is 1. The van der Waals surface area contributed by atoms with E-state index in [1.54, 1.807) is 12.1 Å². The predicted molar refractivity (Wildman–Crippen MR) is 65.4 cm³/mol. The Hall–Kier alpha value is -1.89. The van der Waals surface area contributed by atoms with Crippen LogP contribution in [0.2, 0.25) is 0 Å². The van der Waals surface area contributed by atoms with Gasteiger partial charge in [0.1, 0.15) is 0 Å². The highest BCUT2D eigenvalue weighted by Gasteiger charge is 2.20. The van der Waals surface area contributed by atoms with Crippen LogP contribution in [0.4, 0.5) is 5.69 Å². The monoisotopic (exact) mass is 232 g/mol. The van der Waals surface area contributed by atoms with Crippen LogP contribution in [0.3, 0.4) is 0 Å². The van der Waals surface area contributed by atoms with Crippen molar-refractivity contribution in [3.05, 3.63) is 39.9 Å². The first kappa shape index (κ1) is 13.2. The molecule has 0 spiro atoms. The molecule has 0 bridgehead atoms. The van der Waals surface area contributed by atoms with Gasteiger partial charge in [-0.05, 0) is 31.7 Å². The Bertz CT molecular complexity index is 434. The predicted octanol–water partition coefficient (Wildman–Crippen LogP) is 3.47. The van der Waals surface area contributed by atoms with Gasteiger partial charge in [0.05, 0.1) is 16.4 Å². The summed E-state index contributed by atoms with van der Waals surface area (Å²) in [6.07, 6.45) is 2.37. The fourth-order valence-corrected chi connectivity index (χ4v) is 1.52. The zero-order valence-corrected chi connectivity index (χ0v) is 10.1. The number of hydrogen-bond acceptors (Lipinski definition) is 3. The second-order valence-electron chi connectivity index (χ2n) is 4.45. The van der Waals surface area contributed by atoms with Crippen molar-refractivity contribution in [2.45, 2.75) is 33.1 Å². The van der Waals surface area contributed by atoms with Crippen LogP contribution in [0.5, 0.6) is 0 Å². The van der Waals surface area contributed by atoms with E-state index in [1.807, 2.05) is 13.8 Å². The number of nitriles is 1. The molecule has 0 radical (unpaired) electrons. The summed E-state index contributed by atoms with van der Waals surface area (Å²) in [5, 5.41) is 19.5. The molecular formula is C13H16N2O2. The van der Waals surface area contributed by atoms with E-state index in [0.29, 0.717) is 0 Å². The van der Waals surface area contributed by atoms with Gasteiger partial charge in [0, 0.05) is 12.1 Å². The van der Waals surface area contributed by atoms with Crippen molar-refractivity contribution in [1.82, 2.24) is 0 Å². The molecule has 0 aliphatic heterocycles. The summed E-state index contributed by atoms with van der Waals surface area (Å²) in [6.45, 7) is 3.94. The summed E-state index contributed by atoms with van der Waals surface area (Å²) >= 11 is 0. The smallest absolute Gasteiger partial charge is 0.258 e. The molecule has 0 amide bonds. The van der Waals surface area contributed by atoms with Crippen LogP contribution in [0.25, 0.3) is 0 Å². The van der Waals surface area contributed by atoms with Crippen molar-refractivity contribution < 1.29 is 4.92 Å². The summed E-state index contributed by atoms with van der Waals surface area (Å²) in [4.78, 5) is 10.1. The molecular weight excluding hydrogens is 216 g/mol. The molecule has 1 aromatic carbocycles. The molecule has 4 heteroatoms. The van der Waals surface area contributed by atoms with Crippen LogP contribution in [0, 0.1) is 26.9 Å². The zero-order chi connectivity index (χ0) is 12.9. The second-order valence-corrected chi connectivity index (χ2v) is 4.45. The van der Waals surface area contributed by atoms with E-state index in [0.717, 1.165) is 24.8 Å². The van der Waals surface area contributed by atoms with E-state index in [2.05, 4.69) is 6.07 Å². The third kappa shape index (κ3) is 3.56. The highest BCUT2D eigenvalue weighted by atomic mass is 16.6. The first-order valence-electron chi connectivity index (χ1n) is 5.65. The average Bonchev–Trinajstić information content (AvgIpc) is 2.36. The number of rotatable bonds is 5. The molecule has 1 unspecified atom stereocenters. The van der Waals surface area contributed by atoms with Gasteiger partial charge in [-0.25, -0.2) is 0 Å². The van der Waals surface area contributed by atoms with Crippen molar-refractivity contribution in [2.24, 2.45) is 5.41 Å². The minimum Gasteiger partial charge on any atom is -0.258 e. The van der Waals surface area contributed by atoms with Crippen LogP contribution < -0.4 is 0 Å². The molecule has 0 aromatic heterocycles. The van der Waals surface area contributed by atoms with Crippen molar-refractivity contribution >= 4 is 5.69 Å². The second kappa shape index (κ2) is 5.44. The lowest BCUT2D eigenvalue weighted by Crippen LogP contribution is -2.13. The van der Waals surface area contributed by atoms with Crippen LogP contribution in [-0.4, -0.2) is 4.92 Å². The largest absolute Gasteiger partial charge is 0.269 e. The number of benzene rings is 1. The molecule has 90 valence electrons. The van der Waals surface area contributed by atoms with E-state index < -0.39 is 4.92 Å². The number of nitro benzene ring substituents is 1. The third-order valence-corrected chi connectivity index (χ3v) is 3.16. The fourth-order valence-electron chi connectivity index (χ4n) is 1.52. The van der Waals surface area contributed by atoms with Crippen molar-refractivity contribution in [2.75, 3.05) is 0 Å². The lowest BCUT2D eigenvalue weighted by atomic mass is 9.83. The van der Waals surface area contributed by atoms with E-state index in [-0.39, 0.29) is 11.1 Å². The van der Waals surface area contributed by atoms with Gasteiger partial charge in [-0.15, -0.1) is 0 Å². The van der Waals surface area contributed by atoms with Gasteiger partial charge >= 0.3 is 0 Å². The van der Waals surface area contributed by atoms with Gasteiger partial charge in [-0.1, -0.05) is 19.1 Å². The highest BCUT2D eigenvalue weighted by Crippen LogP contribution is 2.26. The Morgan fingerprint density at radius 2 is 2.00 bits per heavy atom. The normalized spacial score (nSPS) is 13.7. The van der Waals surface area contributed by atoms with Crippen LogP contribution in [-0.2, 0) is 6.42 Å². The average molecular weight is 232 g/mol. The topological polar surface area (TPSA) is 66.9 Å². The molecule has 0 heterocycles. The number of nitrogens with zero attached hydrogens (tertiary/aromatic N) is 2. The Labute approximate surface area is 101 Å². The standard InChI is InChI=1S/C13H16N2O2/c1-3-13(2,10-14)9-8-11-4-6-12(7-5-11)15(16)17/h4-7H,3,8-9H2,1-2H3. The molecule has 0 N–H and O–H groups in total. The summed E-state index contributed by atoms with van der Waals surface area (Å²) in [5.74, 6) is 0. The molecule has 1 atom stereocenters. The lowest BCUT2D eigenvalue weighted by Gasteiger charge is -2.18. The fraction of sp³-hybridized carbons (Fsp3) is 0.462.